The predicted molar refractivity (Wildman–Crippen MR) is 90.9 cm³/mol. The zero-order chi connectivity index (χ0) is 16.4. The van der Waals surface area contributed by atoms with E-state index in [0.717, 1.165) is 21.3 Å². The summed E-state index contributed by atoms with van der Waals surface area (Å²) in [5.74, 6) is -0.470. The molecule has 1 heterocycles. The number of benzene rings is 2. The van der Waals surface area contributed by atoms with Crippen LogP contribution in [0.4, 0.5) is 4.39 Å². The Morgan fingerprint density at radius 2 is 1.96 bits per heavy atom. The van der Waals surface area contributed by atoms with Crippen molar-refractivity contribution in [3.63, 3.8) is 0 Å². The molecule has 2 aromatic carbocycles. The van der Waals surface area contributed by atoms with E-state index in [-0.39, 0.29) is 18.1 Å². The number of fused-ring (bicyclic) bond motifs is 1. The first-order valence-electron chi connectivity index (χ1n) is 7.49. The summed E-state index contributed by atoms with van der Waals surface area (Å²) in [6, 6.07) is 12.5. The molecule has 0 atom stereocenters. The van der Waals surface area contributed by atoms with Gasteiger partial charge in [0.05, 0.1) is 16.6 Å². The van der Waals surface area contributed by atoms with Gasteiger partial charge >= 0.3 is 0 Å². The van der Waals surface area contributed by atoms with Gasteiger partial charge in [0.15, 0.2) is 4.80 Å². The highest BCUT2D eigenvalue weighted by Crippen LogP contribution is 2.18. The molecule has 5 heteroatoms. The summed E-state index contributed by atoms with van der Waals surface area (Å²) < 4.78 is 16.1. The molecule has 0 N–H and O–H groups in total. The van der Waals surface area contributed by atoms with Gasteiger partial charge in [-0.2, -0.15) is 4.99 Å². The number of amides is 1. The number of halogens is 1. The molecule has 3 rings (SSSR count). The Bertz CT molecular complexity index is 922. The van der Waals surface area contributed by atoms with Crippen LogP contribution in [0, 0.1) is 12.7 Å². The first-order chi connectivity index (χ1) is 11.1. The van der Waals surface area contributed by atoms with Gasteiger partial charge in [0.2, 0.25) is 0 Å². The van der Waals surface area contributed by atoms with Gasteiger partial charge in [-0.05, 0) is 37.6 Å². The lowest BCUT2D eigenvalue weighted by Crippen LogP contribution is -2.16. The zero-order valence-corrected chi connectivity index (χ0v) is 13.9. The lowest BCUT2D eigenvalue weighted by atomic mass is 10.1. The van der Waals surface area contributed by atoms with Crippen molar-refractivity contribution in [2.24, 2.45) is 4.99 Å². The summed E-state index contributed by atoms with van der Waals surface area (Å²) >= 11 is 1.34. The van der Waals surface area contributed by atoms with Gasteiger partial charge in [-0.25, -0.2) is 4.39 Å². The van der Waals surface area contributed by atoms with Crippen LogP contribution in [0.15, 0.2) is 47.5 Å². The normalized spacial score (nSPS) is 12.0. The Morgan fingerprint density at radius 3 is 2.65 bits per heavy atom. The van der Waals surface area contributed by atoms with Crippen LogP contribution in [-0.2, 0) is 17.8 Å². The topological polar surface area (TPSA) is 34.4 Å². The lowest BCUT2D eigenvalue weighted by molar-refractivity contribution is -0.117. The van der Waals surface area contributed by atoms with E-state index in [1.165, 1.54) is 23.5 Å². The summed E-state index contributed by atoms with van der Waals surface area (Å²) in [7, 11) is 0. The van der Waals surface area contributed by atoms with Crippen molar-refractivity contribution in [3.05, 3.63) is 64.2 Å². The molecule has 0 radical (unpaired) electrons. The monoisotopic (exact) mass is 328 g/mol. The highest BCUT2D eigenvalue weighted by Gasteiger charge is 2.08. The van der Waals surface area contributed by atoms with Crippen molar-refractivity contribution in [2.75, 3.05) is 0 Å². The highest BCUT2D eigenvalue weighted by atomic mass is 32.1. The number of rotatable bonds is 3. The average Bonchev–Trinajstić information content (AvgIpc) is 2.85. The highest BCUT2D eigenvalue weighted by molar-refractivity contribution is 7.16. The molecule has 0 bridgehead atoms. The van der Waals surface area contributed by atoms with Crippen LogP contribution in [0.3, 0.4) is 0 Å². The Hall–Kier alpha value is -2.27. The molecule has 3 nitrogen and oxygen atoms in total. The molecule has 3 aromatic rings. The minimum absolute atomic E-state index is 0.192. The molecule has 0 spiro atoms. The maximum absolute atomic E-state index is 13.4. The second-order valence-electron chi connectivity index (χ2n) is 5.41. The van der Waals surface area contributed by atoms with E-state index < -0.39 is 0 Å². The van der Waals surface area contributed by atoms with Gasteiger partial charge < -0.3 is 4.57 Å². The van der Waals surface area contributed by atoms with E-state index in [9.17, 15) is 9.18 Å². The summed E-state index contributed by atoms with van der Waals surface area (Å²) in [4.78, 5) is 17.1. The Labute approximate surface area is 137 Å². The second-order valence-corrected chi connectivity index (χ2v) is 6.42. The predicted octanol–water partition coefficient (Wildman–Crippen LogP) is 3.84. The van der Waals surface area contributed by atoms with Gasteiger partial charge in [0.1, 0.15) is 5.82 Å². The van der Waals surface area contributed by atoms with Gasteiger partial charge in [0, 0.05) is 6.54 Å². The van der Waals surface area contributed by atoms with E-state index in [1.807, 2.05) is 42.7 Å². The summed E-state index contributed by atoms with van der Waals surface area (Å²) in [5.41, 5.74) is 3.01. The molecule has 0 saturated heterocycles. The summed E-state index contributed by atoms with van der Waals surface area (Å²) in [6.07, 6.45) is 0.270. The molecule has 0 aliphatic carbocycles. The SMILES string of the molecule is CCn1c(=NC(=O)Cc2ccc(C)cc2)sc2cc(F)ccc21. The zero-order valence-electron chi connectivity index (χ0n) is 13.0. The first-order valence-corrected chi connectivity index (χ1v) is 8.30. The lowest BCUT2D eigenvalue weighted by Gasteiger charge is -2.00. The van der Waals surface area contributed by atoms with E-state index in [0.29, 0.717) is 11.3 Å². The van der Waals surface area contributed by atoms with Crippen LogP contribution in [-0.4, -0.2) is 10.5 Å². The molecule has 0 fully saturated rings. The van der Waals surface area contributed by atoms with Gasteiger partial charge in [0.25, 0.3) is 5.91 Å². The summed E-state index contributed by atoms with van der Waals surface area (Å²) in [5, 5.41) is 0. The molecular weight excluding hydrogens is 311 g/mol. The van der Waals surface area contributed by atoms with Crippen molar-refractivity contribution in [2.45, 2.75) is 26.8 Å². The number of hydrogen-bond acceptors (Lipinski definition) is 2. The Kier molecular flexibility index (Phi) is 4.39. The fourth-order valence-corrected chi connectivity index (χ4v) is 3.60. The van der Waals surface area contributed by atoms with Gasteiger partial charge in [-0.15, -0.1) is 0 Å². The number of carbonyl (C=O) groups is 1. The number of aromatic nitrogens is 1. The number of hydrogen-bond donors (Lipinski definition) is 0. The van der Waals surface area contributed by atoms with E-state index >= 15 is 0 Å². The molecule has 23 heavy (non-hydrogen) atoms. The van der Waals surface area contributed by atoms with Crippen LogP contribution < -0.4 is 4.80 Å². The van der Waals surface area contributed by atoms with Crippen LogP contribution in [0.2, 0.25) is 0 Å². The molecule has 118 valence electrons. The minimum atomic E-state index is -0.278. The second kappa shape index (κ2) is 6.46. The molecule has 0 aliphatic heterocycles. The molecule has 0 aliphatic rings. The molecule has 0 saturated carbocycles. The van der Waals surface area contributed by atoms with Gasteiger partial charge in [-0.3, -0.25) is 4.79 Å². The van der Waals surface area contributed by atoms with Crippen molar-refractivity contribution >= 4 is 27.5 Å². The number of aryl methyl sites for hydroxylation is 2. The quantitative estimate of drug-likeness (QED) is 0.719. The molecular formula is C18H17FN2OS. The molecule has 0 unspecified atom stereocenters. The Morgan fingerprint density at radius 1 is 1.22 bits per heavy atom. The number of nitrogens with zero attached hydrogens (tertiary/aromatic N) is 2. The van der Waals surface area contributed by atoms with Crippen LogP contribution in [0.1, 0.15) is 18.1 Å². The standard InChI is InChI=1S/C18H17FN2OS/c1-3-21-15-9-8-14(19)11-16(15)23-18(21)20-17(22)10-13-6-4-12(2)5-7-13/h4-9,11H,3,10H2,1-2H3. The Balaban J connectivity index is 1.96. The van der Waals surface area contributed by atoms with Crippen molar-refractivity contribution in [1.82, 2.24) is 4.57 Å². The molecule has 1 aromatic heterocycles. The van der Waals surface area contributed by atoms with Crippen LogP contribution in [0.25, 0.3) is 10.2 Å². The third kappa shape index (κ3) is 3.40. The minimum Gasteiger partial charge on any atom is -0.317 e. The van der Waals surface area contributed by atoms with Crippen LogP contribution in [0.5, 0.6) is 0 Å². The van der Waals surface area contributed by atoms with Crippen molar-refractivity contribution in [3.8, 4) is 0 Å². The maximum Gasteiger partial charge on any atom is 0.252 e. The third-order valence-electron chi connectivity index (χ3n) is 3.66. The molecule has 1 amide bonds. The fourth-order valence-electron chi connectivity index (χ4n) is 2.46. The van der Waals surface area contributed by atoms with Crippen molar-refractivity contribution in [1.29, 1.82) is 0 Å². The third-order valence-corrected chi connectivity index (χ3v) is 4.70. The summed E-state index contributed by atoms with van der Waals surface area (Å²) in [6.45, 7) is 4.68. The smallest absolute Gasteiger partial charge is 0.252 e. The van der Waals surface area contributed by atoms with Crippen molar-refractivity contribution < 1.29 is 9.18 Å². The first kappa shape index (κ1) is 15.6. The van der Waals surface area contributed by atoms with E-state index in [1.54, 1.807) is 6.07 Å². The maximum atomic E-state index is 13.4. The van der Waals surface area contributed by atoms with Gasteiger partial charge in [-0.1, -0.05) is 41.2 Å². The number of carbonyl (C=O) groups excluding carboxylic acids is 1. The largest absolute Gasteiger partial charge is 0.317 e. The van der Waals surface area contributed by atoms with E-state index in [2.05, 4.69) is 4.99 Å². The number of thiazole rings is 1. The van der Waals surface area contributed by atoms with Crippen LogP contribution >= 0.6 is 11.3 Å². The fraction of sp³-hybridized carbons (Fsp3) is 0.222. The van der Waals surface area contributed by atoms with E-state index in [4.69, 9.17) is 0 Å². The average molecular weight is 328 g/mol.